The minimum Gasteiger partial charge on any atom is -0.314 e. The van der Waals surface area contributed by atoms with Gasteiger partial charge in [0.15, 0.2) is 0 Å². The number of nitrogens with one attached hydrogen (secondary N) is 1. The molecule has 1 aromatic rings. The summed E-state index contributed by atoms with van der Waals surface area (Å²) in [5, 5.41) is 3.92. The average molecular weight is 258 g/mol. The highest BCUT2D eigenvalue weighted by molar-refractivity contribution is 6.31. The van der Waals surface area contributed by atoms with E-state index in [-0.39, 0.29) is 5.82 Å². The molecule has 96 valence electrons. The van der Waals surface area contributed by atoms with Gasteiger partial charge >= 0.3 is 0 Å². The van der Waals surface area contributed by atoms with Crippen LogP contribution in [0.4, 0.5) is 4.39 Å². The van der Waals surface area contributed by atoms with Crippen LogP contribution in [0.25, 0.3) is 0 Å². The molecule has 0 bridgehead atoms. The fraction of sp³-hybridized carbons (Fsp3) is 0.571. The molecular weight excluding hydrogens is 237 g/mol. The van der Waals surface area contributed by atoms with Crippen molar-refractivity contribution in [3.8, 4) is 0 Å². The quantitative estimate of drug-likeness (QED) is 0.811. The number of hydrogen-bond donors (Lipinski definition) is 1. The molecule has 0 aromatic heterocycles. The maximum Gasteiger partial charge on any atom is 0.127 e. The van der Waals surface area contributed by atoms with Gasteiger partial charge in [0.25, 0.3) is 0 Å². The van der Waals surface area contributed by atoms with Crippen LogP contribution >= 0.6 is 11.6 Å². The van der Waals surface area contributed by atoms with Crippen molar-refractivity contribution in [2.24, 2.45) is 5.92 Å². The maximum absolute atomic E-state index is 13.7. The summed E-state index contributed by atoms with van der Waals surface area (Å²) >= 11 is 6.05. The predicted molar refractivity (Wildman–Crippen MR) is 72.0 cm³/mol. The molecule has 1 aromatic carbocycles. The van der Waals surface area contributed by atoms with Gasteiger partial charge in [-0.3, -0.25) is 0 Å². The van der Waals surface area contributed by atoms with Crippen LogP contribution in [0.5, 0.6) is 0 Å². The van der Waals surface area contributed by atoms with E-state index in [0.717, 1.165) is 13.0 Å². The van der Waals surface area contributed by atoms with Gasteiger partial charge in [0.1, 0.15) is 5.82 Å². The van der Waals surface area contributed by atoms with E-state index in [2.05, 4.69) is 26.1 Å². The van der Waals surface area contributed by atoms with E-state index < -0.39 is 0 Å². The van der Waals surface area contributed by atoms with Crippen molar-refractivity contribution >= 4 is 11.6 Å². The molecule has 1 nitrogen and oxygen atoms in total. The molecule has 17 heavy (non-hydrogen) atoms. The fourth-order valence-corrected chi connectivity index (χ4v) is 2.39. The zero-order chi connectivity index (χ0) is 12.8. The van der Waals surface area contributed by atoms with Gasteiger partial charge in [0, 0.05) is 16.6 Å². The Morgan fingerprint density at radius 1 is 1.35 bits per heavy atom. The Hall–Kier alpha value is -0.600. The summed E-state index contributed by atoms with van der Waals surface area (Å²) in [6, 6.07) is 5.26. The second kappa shape index (κ2) is 6.97. The third-order valence-corrected chi connectivity index (χ3v) is 3.64. The molecule has 3 heteroatoms. The Labute approximate surface area is 108 Å². The molecule has 1 N–H and O–H groups in total. The summed E-state index contributed by atoms with van der Waals surface area (Å²) in [7, 11) is 0. The van der Waals surface area contributed by atoms with Gasteiger partial charge in [-0.25, -0.2) is 4.39 Å². The van der Waals surface area contributed by atoms with Crippen molar-refractivity contribution in [3.05, 3.63) is 34.6 Å². The predicted octanol–water partition coefficient (Wildman–Crippen LogP) is 4.05. The lowest BCUT2D eigenvalue weighted by molar-refractivity contribution is 0.364. The second-order valence-electron chi connectivity index (χ2n) is 4.42. The summed E-state index contributed by atoms with van der Waals surface area (Å²) in [5.74, 6) is 0.212. The molecule has 2 unspecified atom stereocenters. The van der Waals surface area contributed by atoms with Gasteiger partial charge in [-0.2, -0.15) is 0 Å². The molecule has 0 saturated heterocycles. The van der Waals surface area contributed by atoms with Gasteiger partial charge in [0.05, 0.1) is 0 Å². The maximum atomic E-state index is 13.7. The van der Waals surface area contributed by atoms with Crippen LogP contribution in [-0.2, 0) is 6.42 Å². The topological polar surface area (TPSA) is 12.0 Å². The number of halogens is 2. The van der Waals surface area contributed by atoms with Gasteiger partial charge in [-0.15, -0.1) is 0 Å². The third kappa shape index (κ3) is 3.97. The molecule has 2 atom stereocenters. The molecule has 0 aliphatic rings. The average Bonchev–Trinajstić information content (AvgIpc) is 2.29. The first-order valence-corrected chi connectivity index (χ1v) is 6.64. The monoisotopic (exact) mass is 257 g/mol. The van der Waals surface area contributed by atoms with Gasteiger partial charge in [0.2, 0.25) is 0 Å². The molecule has 0 saturated carbocycles. The molecule has 0 amide bonds. The minimum atomic E-state index is -0.195. The van der Waals surface area contributed by atoms with E-state index in [1.807, 2.05) is 0 Å². The molecule has 0 aliphatic heterocycles. The molecule has 0 aliphatic carbocycles. The first kappa shape index (κ1) is 14.5. The Bertz CT molecular complexity index is 334. The molecule has 0 fully saturated rings. The Balaban J connectivity index is 2.80. The summed E-state index contributed by atoms with van der Waals surface area (Å²) in [6.07, 6.45) is 1.70. The van der Waals surface area contributed by atoms with Crippen LogP contribution in [0.1, 0.15) is 32.8 Å². The van der Waals surface area contributed by atoms with Crippen molar-refractivity contribution in [3.63, 3.8) is 0 Å². The van der Waals surface area contributed by atoms with Gasteiger partial charge in [-0.05, 0) is 37.9 Å². The van der Waals surface area contributed by atoms with Crippen molar-refractivity contribution in [2.75, 3.05) is 6.54 Å². The van der Waals surface area contributed by atoms with E-state index in [1.54, 1.807) is 12.1 Å². The normalized spacial score (nSPS) is 14.6. The van der Waals surface area contributed by atoms with E-state index in [0.29, 0.717) is 29.0 Å². The molecule has 0 spiro atoms. The summed E-state index contributed by atoms with van der Waals surface area (Å²) in [6.45, 7) is 7.29. The van der Waals surface area contributed by atoms with Crippen molar-refractivity contribution in [1.82, 2.24) is 5.32 Å². The van der Waals surface area contributed by atoms with Crippen LogP contribution < -0.4 is 5.32 Å². The van der Waals surface area contributed by atoms with Gasteiger partial charge < -0.3 is 5.32 Å². The lowest BCUT2D eigenvalue weighted by Crippen LogP contribution is -2.34. The first-order valence-electron chi connectivity index (χ1n) is 6.26. The Morgan fingerprint density at radius 2 is 2.06 bits per heavy atom. The van der Waals surface area contributed by atoms with Crippen LogP contribution in [0.3, 0.4) is 0 Å². The Morgan fingerprint density at radius 3 is 2.59 bits per heavy atom. The van der Waals surface area contributed by atoms with Crippen molar-refractivity contribution < 1.29 is 4.39 Å². The Kier molecular flexibility index (Phi) is 5.93. The van der Waals surface area contributed by atoms with Crippen molar-refractivity contribution in [1.29, 1.82) is 0 Å². The number of benzene rings is 1. The van der Waals surface area contributed by atoms with Gasteiger partial charge in [-0.1, -0.05) is 37.9 Å². The SMILES string of the molecule is CCNC(C)C(CC)Cc1c(F)cccc1Cl. The van der Waals surface area contributed by atoms with Crippen LogP contribution in [0.15, 0.2) is 18.2 Å². The highest BCUT2D eigenvalue weighted by Crippen LogP contribution is 2.24. The third-order valence-electron chi connectivity index (χ3n) is 3.29. The molecule has 0 radical (unpaired) electrons. The molecule has 1 rings (SSSR count). The fourth-order valence-electron chi connectivity index (χ4n) is 2.15. The first-order chi connectivity index (χ1) is 8.10. The summed E-state index contributed by atoms with van der Waals surface area (Å²) in [5.41, 5.74) is 0.644. The standard InChI is InChI=1S/C14H21ClFN/c1-4-11(10(3)17-5-2)9-12-13(15)7-6-8-14(12)16/h6-8,10-11,17H,4-5,9H2,1-3H3. The van der Waals surface area contributed by atoms with Crippen molar-refractivity contribution in [2.45, 2.75) is 39.7 Å². The zero-order valence-corrected chi connectivity index (χ0v) is 11.5. The molecule has 0 heterocycles. The highest BCUT2D eigenvalue weighted by Gasteiger charge is 2.18. The van der Waals surface area contributed by atoms with Crippen LogP contribution in [-0.4, -0.2) is 12.6 Å². The van der Waals surface area contributed by atoms with E-state index in [1.165, 1.54) is 6.07 Å². The van der Waals surface area contributed by atoms with E-state index in [4.69, 9.17) is 11.6 Å². The minimum absolute atomic E-state index is 0.195. The molecular formula is C14H21ClFN. The zero-order valence-electron chi connectivity index (χ0n) is 10.8. The summed E-state index contributed by atoms with van der Waals surface area (Å²) in [4.78, 5) is 0. The lowest BCUT2D eigenvalue weighted by atomic mass is 9.90. The largest absolute Gasteiger partial charge is 0.314 e. The number of rotatable bonds is 6. The van der Waals surface area contributed by atoms with Crippen LogP contribution in [0.2, 0.25) is 5.02 Å². The lowest BCUT2D eigenvalue weighted by Gasteiger charge is -2.24. The smallest absolute Gasteiger partial charge is 0.127 e. The van der Waals surface area contributed by atoms with E-state index >= 15 is 0 Å². The summed E-state index contributed by atoms with van der Waals surface area (Å²) < 4.78 is 13.7. The van der Waals surface area contributed by atoms with E-state index in [9.17, 15) is 4.39 Å². The number of hydrogen-bond acceptors (Lipinski definition) is 1. The highest BCUT2D eigenvalue weighted by atomic mass is 35.5. The second-order valence-corrected chi connectivity index (χ2v) is 4.83. The van der Waals surface area contributed by atoms with Crippen LogP contribution in [0, 0.1) is 11.7 Å².